The largest absolute Gasteiger partial charge is 0.438 e. The molecule has 1 nitrogen and oxygen atoms in total. The maximum atomic E-state index is 13.6. The number of hydrogen-bond donors (Lipinski definition) is 0. The second-order valence-electron chi connectivity index (χ2n) is 8.53. The van der Waals surface area contributed by atoms with E-state index in [4.69, 9.17) is 0 Å². The lowest BCUT2D eigenvalue weighted by molar-refractivity contribution is -0.870. The molecular weight excluding hydrogens is 439 g/mol. The lowest BCUT2D eigenvalue weighted by atomic mass is 9.88. The second-order valence-corrected chi connectivity index (χ2v) is 8.53. The predicted octanol–water partition coefficient (Wildman–Crippen LogP) is 7.31. The van der Waals surface area contributed by atoms with Gasteiger partial charge in [0.2, 0.25) is 0 Å². The fraction of sp³-hybridized carbons (Fsp3) is 1.00. The van der Waals surface area contributed by atoms with E-state index in [2.05, 4.69) is 0 Å². The van der Waals surface area contributed by atoms with E-state index in [0.29, 0.717) is 12.8 Å². The number of halogens is 11. The lowest BCUT2D eigenvalue weighted by Gasteiger charge is -2.39. The van der Waals surface area contributed by atoms with Crippen LogP contribution in [0.3, 0.4) is 0 Å². The van der Waals surface area contributed by atoms with Crippen molar-refractivity contribution in [1.82, 2.24) is 0 Å². The van der Waals surface area contributed by atoms with Crippen LogP contribution in [0.15, 0.2) is 0 Å². The number of rotatable bonds is 13. The zero-order valence-corrected chi connectivity index (χ0v) is 17.2. The van der Waals surface area contributed by atoms with Gasteiger partial charge in [-0.2, -0.15) is 43.9 Å². The van der Waals surface area contributed by atoms with Gasteiger partial charge in [-0.1, -0.05) is 32.1 Å². The molecule has 0 aromatic heterocycles. The molecule has 0 saturated carbocycles. The normalized spacial score (nSPS) is 15.0. The van der Waals surface area contributed by atoms with Gasteiger partial charge in [0, 0.05) is 6.42 Å². The van der Waals surface area contributed by atoms with Gasteiger partial charge in [0.25, 0.3) is 0 Å². The Morgan fingerprint density at radius 2 is 0.833 bits per heavy atom. The van der Waals surface area contributed by atoms with Crippen LogP contribution < -0.4 is 0 Å². The minimum absolute atomic E-state index is 0.0954. The van der Waals surface area contributed by atoms with E-state index in [-0.39, 0.29) is 6.42 Å². The van der Waals surface area contributed by atoms with Gasteiger partial charge in [0.15, 0.2) is 0 Å². The molecule has 0 aromatic carbocycles. The molecule has 0 aliphatic heterocycles. The van der Waals surface area contributed by atoms with Crippen LogP contribution in [0.1, 0.15) is 57.8 Å². The van der Waals surface area contributed by atoms with E-state index in [9.17, 15) is 48.3 Å². The van der Waals surface area contributed by atoms with Crippen molar-refractivity contribution < 1.29 is 52.8 Å². The second kappa shape index (κ2) is 10.2. The lowest BCUT2D eigenvalue weighted by Crippen LogP contribution is -2.70. The quantitative estimate of drug-likeness (QED) is 0.151. The molecular formula is C18H29F11N+. The predicted molar refractivity (Wildman–Crippen MR) is 90.3 cm³/mol. The van der Waals surface area contributed by atoms with E-state index < -0.39 is 42.7 Å². The van der Waals surface area contributed by atoms with Crippen LogP contribution >= 0.6 is 0 Å². The summed E-state index contributed by atoms with van der Waals surface area (Å²) >= 11 is 0. The topological polar surface area (TPSA) is 0 Å². The molecule has 182 valence electrons. The Balaban J connectivity index is 4.58. The van der Waals surface area contributed by atoms with E-state index in [1.165, 1.54) is 0 Å². The van der Waals surface area contributed by atoms with E-state index in [0.717, 1.165) is 36.7 Å². The molecule has 0 atom stereocenters. The Morgan fingerprint density at radius 3 is 1.17 bits per heavy atom. The number of nitrogens with zero attached hydrogens (tertiary/aromatic N) is 1. The highest BCUT2D eigenvalue weighted by Gasteiger charge is 2.89. The zero-order valence-electron chi connectivity index (χ0n) is 17.2. The monoisotopic (exact) mass is 468 g/mol. The van der Waals surface area contributed by atoms with E-state index >= 15 is 0 Å². The van der Waals surface area contributed by atoms with Crippen LogP contribution in [0.5, 0.6) is 0 Å². The van der Waals surface area contributed by atoms with Gasteiger partial charge in [-0.05, 0) is 19.3 Å². The smallest absolute Gasteiger partial charge is 0.331 e. The first-order valence-electron chi connectivity index (χ1n) is 9.59. The van der Waals surface area contributed by atoms with Gasteiger partial charge < -0.3 is 4.48 Å². The third-order valence-electron chi connectivity index (χ3n) is 4.74. The van der Waals surface area contributed by atoms with Crippen molar-refractivity contribution in [2.75, 3.05) is 27.7 Å². The Bertz CT molecular complexity index is 490. The van der Waals surface area contributed by atoms with Crippen LogP contribution in [0, 0.1) is 0 Å². The zero-order chi connectivity index (χ0) is 24.1. The summed E-state index contributed by atoms with van der Waals surface area (Å²) in [6.07, 6.45) is -13.0. The standard InChI is InChI=1S/C18H29F11N/c1-30(2,3)13-11-9-7-5-4-6-8-10-12-14(19,20)16(22,23)15(21,17(24,25)26)18(27,28)29/h4-13H2,1-3H3/q+1. The first kappa shape index (κ1) is 29.2. The first-order valence-corrected chi connectivity index (χ1v) is 9.59. The Hall–Kier alpha value is -0.810. The number of alkyl halides is 11. The van der Waals surface area contributed by atoms with Gasteiger partial charge in [0.1, 0.15) is 0 Å². The van der Waals surface area contributed by atoms with Crippen molar-refractivity contribution in [3.8, 4) is 0 Å². The van der Waals surface area contributed by atoms with Crippen LogP contribution in [0.2, 0.25) is 0 Å². The fourth-order valence-electron chi connectivity index (χ4n) is 2.92. The van der Waals surface area contributed by atoms with Crippen LogP contribution in [-0.2, 0) is 0 Å². The maximum Gasteiger partial charge on any atom is 0.438 e. The van der Waals surface area contributed by atoms with Gasteiger partial charge >= 0.3 is 29.9 Å². The molecule has 30 heavy (non-hydrogen) atoms. The summed E-state index contributed by atoms with van der Waals surface area (Å²) in [7, 11) is 6.11. The molecule has 0 radical (unpaired) electrons. The van der Waals surface area contributed by atoms with Gasteiger partial charge in [-0.15, -0.1) is 0 Å². The van der Waals surface area contributed by atoms with Crippen molar-refractivity contribution in [2.24, 2.45) is 0 Å². The minimum Gasteiger partial charge on any atom is -0.331 e. The highest BCUT2D eigenvalue weighted by Crippen LogP contribution is 2.59. The van der Waals surface area contributed by atoms with Crippen molar-refractivity contribution in [3.05, 3.63) is 0 Å². The average Bonchev–Trinajstić information content (AvgIpc) is 2.52. The summed E-state index contributed by atoms with van der Waals surface area (Å²) in [6.45, 7) is 0.967. The molecule has 0 heterocycles. The molecule has 0 rings (SSSR count). The molecule has 0 N–H and O–H groups in total. The number of quaternary nitrogens is 1. The van der Waals surface area contributed by atoms with Crippen LogP contribution in [0.25, 0.3) is 0 Å². The fourth-order valence-corrected chi connectivity index (χ4v) is 2.92. The highest BCUT2D eigenvalue weighted by atomic mass is 19.4. The van der Waals surface area contributed by atoms with Gasteiger partial charge in [-0.3, -0.25) is 0 Å². The summed E-state index contributed by atoms with van der Waals surface area (Å²) in [5.41, 5.74) is -7.34. The molecule has 0 aliphatic rings. The maximum absolute atomic E-state index is 13.6. The van der Waals surface area contributed by atoms with Gasteiger partial charge in [0.05, 0.1) is 27.7 Å². The van der Waals surface area contributed by atoms with Crippen LogP contribution in [0.4, 0.5) is 48.3 Å². The third-order valence-corrected chi connectivity index (χ3v) is 4.74. The Kier molecular flexibility index (Phi) is 9.93. The molecule has 0 saturated heterocycles. The van der Waals surface area contributed by atoms with E-state index in [1.54, 1.807) is 0 Å². The number of unbranched alkanes of at least 4 members (excludes halogenated alkanes) is 7. The van der Waals surface area contributed by atoms with Gasteiger partial charge in [-0.25, -0.2) is 4.39 Å². The summed E-state index contributed by atoms with van der Waals surface area (Å²) < 4.78 is 143. The van der Waals surface area contributed by atoms with Crippen molar-refractivity contribution in [1.29, 1.82) is 0 Å². The van der Waals surface area contributed by atoms with Crippen molar-refractivity contribution in [3.63, 3.8) is 0 Å². The Morgan fingerprint density at radius 1 is 0.500 bits per heavy atom. The first-order chi connectivity index (χ1) is 13.2. The highest BCUT2D eigenvalue weighted by molar-refractivity contribution is 5.10. The molecule has 0 bridgehead atoms. The SMILES string of the molecule is C[N+](C)(C)CCCCCCCCCCC(F)(F)C(F)(F)C(F)(C(F)(F)F)C(F)(F)F. The summed E-state index contributed by atoms with van der Waals surface area (Å²) in [4.78, 5) is 0. The molecule has 0 unspecified atom stereocenters. The van der Waals surface area contributed by atoms with E-state index in [1.807, 2.05) is 21.1 Å². The number of hydrogen-bond acceptors (Lipinski definition) is 0. The molecule has 0 aliphatic carbocycles. The van der Waals surface area contributed by atoms with Crippen LogP contribution in [-0.4, -0.2) is 62.0 Å². The Labute approximate surface area is 169 Å². The molecule has 0 amide bonds. The molecule has 0 fully saturated rings. The average molecular weight is 468 g/mol. The van der Waals surface area contributed by atoms with Crippen molar-refractivity contribution >= 4 is 0 Å². The third kappa shape index (κ3) is 7.40. The van der Waals surface area contributed by atoms with Crippen molar-refractivity contribution in [2.45, 2.75) is 87.7 Å². The minimum atomic E-state index is -7.34. The summed E-state index contributed by atoms with van der Waals surface area (Å²) in [6, 6.07) is 0. The molecule has 0 spiro atoms. The molecule has 0 aromatic rings. The molecule has 12 heteroatoms. The summed E-state index contributed by atoms with van der Waals surface area (Å²) in [5, 5.41) is 0. The summed E-state index contributed by atoms with van der Waals surface area (Å²) in [5.74, 6) is -12.8.